The van der Waals surface area contributed by atoms with Gasteiger partial charge in [0.1, 0.15) is 5.60 Å². The lowest BCUT2D eigenvalue weighted by molar-refractivity contribution is 0.0258. The monoisotopic (exact) mass is 437 g/mol. The lowest BCUT2D eigenvalue weighted by atomic mass is 10.0. The minimum Gasteiger partial charge on any atom is -0.444 e. The average molecular weight is 438 g/mol. The van der Waals surface area contributed by atoms with Crippen LogP contribution in [0.2, 0.25) is 5.02 Å². The van der Waals surface area contributed by atoms with Crippen molar-refractivity contribution in [3.63, 3.8) is 0 Å². The van der Waals surface area contributed by atoms with Crippen LogP contribution in [0.15, 0.2) is 54.6 Å². The summed E-state index contributed by atoms with van der Waals surface area (Å²) in [6.45, 7) is 7.59. The summed E-state index contributed by atoms with van der Waals surface area (Å²) in [5.74, 6) is 0. The van der Waals surface area contributed by atoms with Gasteiger partial charge in [-0.1, -0.05) is 54.1 Å². The average Bonchev–Trinajstić information content (AvgIpc) is 2.91. The first-order chi connectivity index (χ1) is 14.8. The van der Waals surface area contributed by atoms with Crippen LogP contribution >= 0.6 is 11.6 Å². The third-order valence-electron chi connectivity index (χ3n) is 5.33. The Morgan fingerprint density at radius 2 is 1.71 bits per heavy atom. The van der Waals surface area contributed by atoms with Crippen LogP contribution in [0.4, 0.5) is 4.79 Å². The predicted octanol–water partition coefficient (Wildman–Crippen LogP) is 5.59. The minimum atomic E-state index is -0.503. The Balaban J connectivity index is 1.66. The number of carbonyl (C=O) groups is 1. The molecule has 0 saturated carbocycles. The quantitative estimate of drug-likeness (QED) is 0.536. The van der Waals surface area contributed by atoms with Gasteiger partial charge in [-0.25, -0.2) is 4.79 Å². The van der Waals surface area contributed by atoms with Crippen LogP contribution in [0.5, 0.6) is 0 Å². The zero-order chi connectivity index (χ0) is 22.0. The van der Waals surface area contributed by atoms with E-state index in [4.69, 9.17) is 21.4 Å². The molecule has 1 aliphatic rings. The molecule has 0 atom stereocenters. The zero-order valence-corrected chi connectivity index (χ0v) is 19.0. The first-order valence-electron chi connectivity index (χ1n) is 10.7. The second kappa shape index (κ2) is 8.75. The van der Waals surface area contributed by atoms with Crippen molar-refractivity contribution in [1.82, 2.24) is 14.7 Å². The molecule has 1 aliphatic heterocycles. The number of hydrogen-bond donors (Lipinski definition) is 0. The number of hydrogen-bond acceptors (Lipinski definition) is 3. The fraction of sp³-hybridized carbons (Fsp3) is 0.360. The summed E-state index contributed by atoms with van der Waals surface area (Å²) in [6, 6.07) is 18.2. The third kappa shape index (κ3) is 5.10. The van der Waals surface area contributed by atoms with Crippen molar-refractivity contribution in [2.24, 2.45) is 0 Å². The Hall–Kier alpha value is -2.79. The van der Waals surface area contributed by atoms with Gasteiger partial charge in [0.15, 0.2) is 0 Å². The molecule has 2 aromatic carbocycles. The molecule has 0 saturated heterocycles. The summed E-state index contributed by atoms with van der Waals surface area (Å²) in [6.07, 6.45) is 1.18. The molecule has 0 unspecified atom stereocenters. The van der Waals surface area contributed by atoms with Gasteiger partial charge in [-0.3, -0.25) is 4.68 Å². The lowest BCUT2D eigenvalue weighted by Gasteiger charge is -2.26. The van der Waals surface area contributed by atoms with Crippen molar-refractivity contribution in [1.29, 1.82) is 0 Å². The van der Waals surface area contributed by atoms with Gasteiger partial charge >= 0.3 is 6.09 Å². The summed E-state index contributed by atoms with van der Waals surface area (Å²) >= 11 is 6.14. The predicted molar refractivity (Wildman–Crippen MR) is 123 cm³/mol. The van der Waals surface area contributed by atoms with Crippen LogP contribution in [-0.2, 0) is 24.1 Å². The van der Waals surface area contributed by atoms with Gasteiger partial charge in [0.05, 0.1) is 17.9 Å². The van der Waals surface area contributed by atoms with Crippen molar-refractivity contribution in [2.75, 3.05) is 13.1 Å². The van der Waals surface area contributed by atoms with Gasteiger partial charge in [-0.15, -0.1) is 0 Å². The van der Waals surface area contributed by atoms with Crippen molar-refractivity contribution in [3.05, 3.63) is 76.4 Å². The van der Waals surface area contributed by atoms with Crippen LogP contribution in [0.25, 0.3) is 11.3 Å². The topological polar surface area (TPSA) is 47.4 Å². The van der Waals surface area contributed by atoms with Crippen LogP contribution in [0, 0.1) is 0 Å². The van der Waals surface area contributed by atoms with Crippen molar-refractivity contribution in [2.45, 2.75) is 45.8 Å². The van der Waals surface area contributed by atoms with E-state index in [2.05, 4.69) is 16.8 Å². The molecule has 6 heteroatoms. The second-order valence-electron chi connectivity index (χ2n) is 8.89. The number of rotatable bonds is 3. The molecule has 4 rings (SSSR count). The molecule has 3 aromatic rings. The fourth-order valence-corrected chi connectivity index (χ4v) is 4.05. The van der Waals surface area contributed by atoms with E-state index in [0.29, 0.717) is 31.1 Å². The number of fused-ring (bicyclic) bond motifs is 1. The summed E-state index contributed by atoms with van der Waals surface area (Å²) in [7, 11) is 0. The lowest BCUT2D eigenvalue weighted by Crippen LogP contribution is -2.38. The van der Waals surface area contributed by atoms with E-state index in [0.717, 1.165) is 23.4 Å². The summed E-state index contributed by atoms with van der Waals surface area (Å²) < 4.78 is 7.68. The smallest absolute Gasteiger partial charge is 0.410 e. The van der Waals surface area contributed by atoms with Gasteiger partial charge in [-0.2, -0.15) is 5.10 Å². The zero-order valence-electron chi connectivity index (χ0n) is 18.3. The molecule has 0 N–H and O–H groups in total. The Morgan fingerprint density at radius 1 is 1.03 bits per heavy atom. The maximum atomic E-state index is 12.6. The molecule has 0 bridgehead atoms. The number of benzene rings is 2. The van der Waals surface area contributed by atoms with E-state index in [1.807, 2.05) is 63.2 Å². The van der Waals surface area contributed by atoms with Gasteiger partial charge in [0.2, 0.25) is 0 Å². The minimum absolute atomic E-state index is 0.261. The van der Waals surface area contributed by atoms with Crippen LogP contribution < -0.4 is 0 Å². The highest BCUT2D eigenvalue weighted by Crippen LogP contribution is 2.31. The van der Waals surface area contributed by atoms with E-state index in [1.165, 1.54) is 11.1 Å². The molecule has 31 heavy (non-hydrogen) atoms. The largest absolute Gasteiger partial charge is 0.444 e. The summed E-state index contributed by atoms with van der Waals surface area (Å²) in [5.41, 5.74) is 5.13. The standard InChI is InChI=1S/C25H28ClN3O2/c1-25(2,3)31-24(30)28-15-13-21-22(14-16-28)27-29(17-18-7-5-4-6-8-18)23(21)19-9-11-20(26)12-10-19/h4-12H,13-17H2,1-3H3. The van der Waals surface area contributed by atoms with Gasteiger partial charge in [-0.05, 0) is 44.9 Å². The molecule has 0 aliphatic carbocycles. The molecule has 1 aromatic heterocycles. The second-order valence-corrected chi connectivity index (χ2v) is 9.33. The van der Waals surface area contributed by atoms with Crippen molar-refractivity contribution >= 4 is 17.7 Å². The van der Waals surface area contributed by atoms with E-state index >= 15 is 0 Å². The Bertz CT molecular complexity index is 1050. The third-order valence-corrected chi connectivity index (χ3v) is 5.58. The highest BCUT2D eigenvalue weighted by Gasteiger charge is 2.28. The van der Waals surface area contributed by atoms with Crippen molar-refractivity contribution in [3.8, 4) is 11.3 Å². The van der Waals surface area contributed by atoms with Gasteiger partial charge < -0.3 is 9.64 Å². The molecule has 1 amide bonds. The van der Waals surface area contributed by atoms with Crippen molar-refractivity contribution < 1.29 is 9.53 Å². The first-order valence-corrected chi connectivity index (χ1v) is 11.0. The normalized spacial score (nSPS) is 14.1. The molecule has 0 fully saturated rings. The van der Waals surface area contributed by atoms with E-state index in [-0.39, 0.29) is 6.09 Å². The number of nitrogens with zero attached hydrogens (tertiary/aromatic N) is 3. The van der Waals surface area contributed by atoms with Gasteiger partial charge in [0, 0.05) is 35.7 Å². The highest BCUT2D eigenvalue weighted by molar-refractivity contribution is 6.30. The number of aromatic nitrogens is 2. The SMILES string of the molecule is CC(C)(C)OC(=O)N1CCc2nn(Cc3ccccc3)c(-c3ccc(Cl)cc3)c2CC1. The Labute approximate surface area is 188 Å². The fourth-order valence-electron chi connectivity index (χ4n) is 3.92. The highest BCUT2D eigenvalue weighted by atomic mass is 35.5. The maximum absolute atomic E-state index is 12.6. The van der Waals surface area contributed by atoms with Crippen LogP contribution in [-0.4, -0.2) is 39.5 Å². The Kier molecular flexibility index (Phi) is 6.05. The Morgan fingerprint density at radius 3 is 2.39 bits per heavy atom. The van der Waals surface area contributed by atoms with Gasteiger partial charge in [0.25, 0.3) is 0 Å². The summed E-state index contributed by atoms with van der Waals surface area (Å²) in [5, 5.41) is 5.69. The molecule has 0 radical (unpaired) electrons. The van der Waals surface area contributed by atoms with Crippen LogP contribution in [0.1, 0.15) is 37.6 Å². The number of halogens is 1. The maximum Gasteiger partial charge on any atom is 0.410 e. The van der Waals surface area contributed by atoms with E-state index in [9.17, 15) is 4.79 Å². The number of amides is 1. The number of carbonyl (C=O) groups excluding carboxylic acids is 1. The van der Waals surface area contributed by atoms with E-state index < -0.39 is 5.60 Å². The molecule has 5 nitrogen and oxygen atoms in total. The molecule has 2 heterocycles. The number of ether oxygens (including phenoxy) is 1. The van der Waals surface area contributed by atoms with E-state index in [1.54, 1.807) is 4.90 Å². The summed E-state index contributed by atoms with van der Waals surface area (Å²) in [4.78, 5) is 14.4. The molecule has 162 valence electrons. The molecular formula is C25H28ClN3O2. The first kappa shape index (κ1) is 21.4. The molecule has 0 spiro atoms. The van der Waals surface area contributed by atoms with Crippen LogP contribution in [0.3, 0.4) is 0 Å². The molecular weight excluding hydrogens is 410 g/mol.